The Kier molecular flexibility index (Phi) is 4.68. The maximum atomic E-state index is 13.3. The van der Waals surface area contributed by atoms with Gasteiger partial charge in [-0.15, -0.1) is 0 Å². The molecule has 0 unspecified atom stereocenters. The van der Waals surface area contributed by atoms with Crippen molar-refractivity contribution in [3.8, 4) is 0 Å². The molecule has 3 nitrogen and oxygen atoms in total. The molecule has 0 saturated carbocycles. The van der Waals surface area contributed by atoms with Gasteiger partial charge < -0.3 is 15.5 Å². The minimum atomic E-state index is -0.806. The summed E-state index contributed by atoms with van der Waals surface area (Å²) in [7, 11) is 0. The van der Waals surface area contributed by atoms with Gasteiger partial charge in [0.25, 0.3) is 0 Å². The lowest BCUT2D eigenvalue weighted by molar-refractivity contribution is 0.0923. The summed E-state index contributed by atoms with van der Waals surface area (Å²) in [5.41, 5.74) is 0.558. The first-order valence-electron chi connectivity index (χ1n) is 4.92. The molecule has 1 rings (SSSR count). The van der Waals surface area contributed by atoms with E-state index in [1.807, 2.05) is 6.92 Å². The van der Waals surface area contributed by atoms with Gasteiger partial charge in [-0.3, -0.25) is 0 Å². The molecule has 0 saturated heterocycles. The third-order valence-electron chi connectivity index (χ3n) is 2.24. The van der Waals surface area contributed by atoms with Crippen LogP contribution in [0.1, 0.15) is 18.5 Å². The first-order valence-corrected chi connectivity index (χ1v) is 4.92. The SMILES string of the molecule is C[C@@H](NC[C@H](O)CO)c1ccccc1F. The number of rotatable bonds is 5. The Bertz CT molecular complexity index is 306. The second-order valence-electron chi connectivity index (χ2n) is 3.49. The van der Waals surface area contributed by atoms with E-state index in [0.29, 0.717) is 5.56 Å². The molecular formula is C11H16FNO2. The summed E-state index contributed by atoms with van der Waals surface area (Å²) in [5.74, 6) is -0.268. The van der Waals surface area contributed by atoms with E-state index in [4.69, 9.17) is 10.2 Å². The smallest absolute Gasteiger partial charge is 0.127 e. The normalized spacial score (nSPS) is 14.9. The van der Waals surface area contributed by atoms with Crippen LogP contribution in [0.25, 0.3) is 0 Å². The van der Waals surface area contributed by atoms with Crippen LogP contribution in [0.4, 0.5) is 4.39 Å². The maximum Gasteiger partial charge on any atom is 0.127 e. The summed E-state index contributed by atoms with van der Waals surface area (Å²) < 4.78 is 13.3. The van der Waals surface area contributed by atoms with E-state index in [9.17, 15) is 4.39 Å². The van der Waals surface area contributed by atoms with Crippen LogP contribution < -0.4 is 5.32 Å². The molecule has 1 aromatic carbocycles. The van der Waals surface area contributed by atoms with Crippen LogP contribution in [0, 0.1) is 5.82 Å². The van der Waals surface area contributed by atoms with Crippen LogP contribution in [0.5, 0.6) is 0 Å². The molecule has 15 heavy (non-hydrogen) atoms. The molecule has 0 bridgehead atoms. The second kappa shape index (κ2) is 5.80. The molecule has 0 aliphatic rings. The highest BCUT2D eigenvalue weighted by Gasteiger charge is 2.10. The quantitative estimate of drug-likeness (QED) is 0.679. The Morgan fingerprint density at radius 3 is 2.67 bits per heavy atom. The lowest BCUT2D eigenvalue weighted by Gasteiger charge is -2.16. The van der Waals surface area contributed by atoms with Crippen LogP contribution in [0.3, 0.4) is 0 Å². The maximum absolute atomic E-state index is 13.3. The van der Waals surface area contributed by atoms with Crippen molar-refractivity contribution in [3.05, 3.63) is 35.6 Å². The topological polar surface area (TPSA) is 52.5 Å². The van der Waals surface area contributed by atoms with E-state index < -0.39 is 6.10 Å². The van der Waals surface area contributed by atoms with E-state index in [-0.39, 0.29) is 25.0 Å². The summed E-state index contributed by atoms with van der Waals surface area (Å²) in [4.78, 5) is 0. The van der Waals surface area contributed by atoms with Crippen molar-refractivity contribution in [3.63, 3.8) is 0 Å². The van der Waals surface area contributed by atoms with Crippen molar-refractivity contribution >= 4 is 0 Å². The van der Waals surface area contributed by atoms with E-state index in [0.717, 1.165) is 0 Å². The Morgan fingerprint density at radius 2 is 2.07 bits per heavy atom. The van der Waals surface area contributed by atoms with E-state index in [1.54, 1.807) is 18.2 Å². The standard InChI is InChI=1S/C11H16FNO2/c1-8(13-6-9(15)7-14)10-4-2-3-5-11(10)12/h2-5,8-9,13-15H,6-7H2,1H3/t8-,9+/m1/s1. The number of hydrogen-bond acceptors (Lipinski definition) is 3. The predicted molar refractivity (Wildman–Crippen MR) is 55.9 cm³/mol. The summed E-state index contributed by atoms with van der Waals surface area (Å²) in [5, 5.41) is 20.7. The van der Waals surface area contributed by atoms with Crippen LogP contribution >= 0.6 is 0 Å². The highest BCUT2D eigenvalue weighted by atomic mass is 19.1. The average molecular weight is 213 g/mol. The number of halogens is 1. The summed E-state index contributed by atoms with van der Waals surface area (Å²) in [6, 6.07) is 6.30. The number of hydrogen-bond donors (Lipinski definition) is 3. The fourth-order valence-electron chi connectivity index (χ4n) is 1.31. The van der Waals surface area contributed by atoms with Gasteiger partial charge in [-0.05, 0) is 13.0 Å². The summed E-state index contributed by atoms with van der Waals surface area (Å²) in [6.45, 7) is 1.76. The number of aliphatic hydroxyl groups is 2. The minimum Gasteiger partial charge on any atom is -0.394 e. The molecule has 0 aliphatic heterocycles. The molecular weight excluding hydrogens is 197 g/mol. The second-order valence-corrected chi connectivity index (χ2v) is 3.49. The molecule has 4 heteroatoms. The first-order chi connectivity index (χ1) is 7.15. The van der Waals surface area contributed by atoms with Gasteiger partial charge in [-0.25, -0.2) is 4.39 Å². The largest absolute Gasteiger partial charge is 0.394 e. The lowest BCUT2D eigenvalue weighted by Crippen LogP contribution is -2.31. The van der Waals surface area contributed by atoms with Crippen molar-refractivity contribution in [1.29, 1.82) is 0 Å². The molecule has 0 aromatic heterocycles. The molecule has 0 amide bonds. The van der Waals surface area contributed by atoms with Crippen LogP contribution in [0.2, 0.25) is 0 Å². The zero-order valence-corrected chi connectivity index (χ0v) is 8.65. The monoisotopic (exact) mass is 213 g/mol. The Morgan fingerprint density at radius 1 is 1.40 bits per heavy atom. The van der Waals surface area contributed by atoms with Crippen LogP contribution in [-0.2, 0) is 0 Å². The fraction of sp³-hybridized carbons (Fsp3) is 0.455. The number of benzene rings is 1. The highest BCUT2D eigenvalue weighted by molar-refractivity contribution is 5.20. The molecule has 1 aromatic rings. The molecule has 0 radical (unpaired) electrons. The van der Waals surface area contributed by atoms with Crippen LogP contribution in [-0.4, -0.2) is 29.5 Å². The van der Waals surface area contributed by atoms with Gasteiger partial charge >= 0.3 is 0 Å². The van der Waals surface area contributed by atoms with Crippen molar-refractivity contribution in [2.45, 2.75) is 19.1 Å². The van der Waals surface area contributed by atoms with Crippen molar-refractivity contribution < 1.29 is 14.6 Å². The molecule has 3 N–H and O–H groups in total. The number of aliphatic hydroxyl groups excluding tert-OH is 2. The van der Waals surface area contributed by atoms with Crippen molar-refractivity contribution in [2.24, 2.45) is 0 Å². The first kappa shape index (κ1) is 12.1. The Balaban J connectivity index is 2.54. The zero-order valence-electron chi connectivity index (χ0n) is 8.65. The van der Waals surface area contributed by atoms with Crippen molar-refractivity contribution in [2.75, 3.05) is 13.2 Å². The fourth-order valence-corrected chi connectivity index (χ4v) is 1.31. The van der Waals surface area contributed by atoms with E-state index >= 15 is 0 Å². The zero-order chi connectivity index (χ0) is 11.3. The Hall–Kier alpha value is -0.970. The van der Waals surface area contributed by atoms with Gasteiger partial charge in [0.05, 0.1) is 12.7 Å². The lowest BCUT2D eigenvalue weighted by atomic mass is 10.1. The minimum absolute atomic E-state index is 0.188. The molecule has 2 atom stereocenters. The van der Waals surface area contributed by atoms with Gasteiger partial charge in [0.15, 0.2) is 0 Å². The summed E-state index contributed by atoms with van der Waals surface area (Å²) in [6.07, 6.45) is -0.806. The van der Waals surface area contributed by atoms with Gasteiger partial charge in [-0.2, -0.15) is 0 Å². The van der Waals surface area contributed by atoms with E-state index in [2.05, 4.69) is 5.32 Å². The predicted octanol–water partition coefficient (Wildman–Crippen LogP) is 0.829. The summed E-state index contributed by atoms with van der Waals surface area (Å²) >= 11 is 0. The molecule has 0 aliphatic carbocycles. The molecule has 0 fully saturated rings. The van der Waals surface area contributed by atoms with Gasteiger partial charge in [-0.1, -0.05) is 18.2 Å². The average Bonchev–Trinajstić information content (AvgIpc) is 2.26. The third kappa shape index (κ3) is 3.58. The van der Waals surface area contributed by atoms with Crippen molar-refractivity contribution in [1.82, 2.24) is 5.32 Å². The van der Waals surface area contributed by atoms with Crippen LogP contribution in [0.15, 0.2) is 24.3 Å². The Labute approximate surface area is 88.6 Å². The molecule has 0 spiro atoms. The number of nitrogens with one attached hydrogen (secondary N) is 1. The van der Waals surface area contributed by atoms with Gasteiger partial charge in [0, 0.05) is 18.2 Å². The van der Waals surface area contributed by atoms with Gasteiger partial charge in [0.2, 0.25) is 0 Å². The molecule has 0 heterocycles. The molecule has 84 valence electrons. The third-order valence-corrected chi connectivity index (χ3v) is 2.24. The van der Waals surface area contributed by atoms with E-state index in [1.165, 1.54) is 6.07 Å². The van der Waals surface area contributed by atoms with Gasteiger partial charge in [0.1, 0.15) is 5.82 Å². The highest BCUT2D eigenvalue weighted by Crippen LogP contribution is 2.15.